The van der Waals surface area contributed by atoms with Crippen molar-refractivity contribution >= 4 is 8.32 Å². The first-order valence-electron chi connectivity index (χ1n) is 6.17. The van der Waals surface area contributed by atoms with Gasteiger partial charge >= 0.3 is 0 Å². The monoisotopic (exact) mass is 244 g/mol. The Morgan fingerprint density at radius 2 is 1.81 bits per heavy atom. The third-order valence-corrected chi connectivity index (χ3v) is 7.75. The maximum absolute atomic E-state index is 9.75. The Kier molecular flexibility index (Phi) is 6.52. The molecule has 0 saturated heterocycles. The van der Waals surface area contributed by atoms with E-state index < -0.39 is 8.32 Å². The first-order chi connectivity index (χ1) is 7.20. The molecule has 1 atom stereocenters. The zero-order valence-electron chi connectivity index (χ0n) is 11.7. The molecule has 0 amide bonds. The van der Waals surface area contributed by atoms with Crippen LogP contribution < -0.4 is 0 Å². The van der Waals surface area contributed by atoms with Crippen LogP contribution in [0.25, 0.3) is 0 Å². The predicted molar refractivity (Wildman–Crippen MR) is 73.2 cm³/mol. The predicted octanol–water partition coefficient (Wildman–Crippen LogP) is 3.73. The normalized spacial score (nSPS) is 15.7. The summed E-state index contributed by atoms with van der Waals surface area (Å²) < 4.78 is 5.94. The second-order valence-electron chi connectivity index (χ2n) is 5.84. The number of hydrogen-bond acceptors (Lipinski definition) is 2. The molecule has 0 bridgehead atoms. The van der Waals surface area contributed by atoms with Crippen LogP contribution in [-0.2, 0) is 4.43 Å². The summed E-state index contributed by atoms with van der Waals surface area (Å²) in [5, 5.41) is 9.97. The van der Waals surface area contributed by atoms with Crippen LogP contribution in [-0.4, -0.2) is 26.1 Å². The van der Waals surface area contributed by atoms with Gasteiger partial charge in [0.1, 0.15) is 0 Å². The fourth-order valence-electron chi connectivity index (χ4n) is 1.01. The Labute approximate surface area is 102 Å². The van der Waals surface area contributed by atoms with Gasteiger partial charge in [-0.05, 0) is 31.0 Å². The first kappa shape index (κ1) is 15.9. The van der Waals surface area contributed by atoms with Gasteiger partial charge in [-0.3, -0.25) is 0 Å². The molecule has 0 heterocycles. The molecule has 3 heteroatoms. The van der Waals surface area contributed by atoms with E-state index in [2.05, 4.69) is 46.9 Å². The van der Waals surface area contributed by atoms with Crippen molar-refractivity contribution in [1.29, 1.82) is 0 Å². The fourth-order valence-corrected chi connectivity index (χ4v) is 2.05. The van der Waals surface area contributed by atoms with Crippen molar-refractivity contribution in [2.24, 2.45) is 0 Å². The minimum Gasteiger partial charge on any atom is -0.414 e. The lowest BCUT2D eigenvalue weighted by atomic mass is 10.2. The highest BCUT2D eigenvalue weighted by molar-refractivity contribution is 6.74. The molecule has 0 aliphatic rings. The van der Waals surface area contributed by atoms with E-state index in [4.69, 9.17) is 4.43 Å². The van der Waals surface area contributed by atoms with Gasteiger partial charge in [-0.2, -0.15) is 0 Å². The highest BCUT2D eigenvalue weighted by Gasteiger charge is 2.37. The van der Waals surface area contributed by atoms with Crippen molar-refractivity contribution in [2.75, 3.05) is 6.61 Å². The molecule has 0 aliphatic carbocycles. The molecule has 16 heavy (non-hydrogen) atoms. The largest absolute Gasteiger partial charge is 0.414 e. The molecule has 0 aromatic heterocycles. The Morgan fingerprint density at radius 3 is 2.25 bits per heavy atom. The minimum atomic E-state index is -1.70. The van der Waals surface area contributed by atoms with Gasteiger partial charge in [0, 0.05) is 0 Å². The van der Waals surface area contributed by atoms with Crippen molar-refractivity contribution in [1.82, 2.24) is 0 Å². The first-order valence-corrected chi connectivity index (χ1v) is 9.08. The second-order valence-corrected chi connectivity index (χ2v) is 10.6. The molecule has 0 spiro atoms. The summed E-state index contributed by atoms with van der Waals surface area (Å²) in [7, 11) is -1.70. The van der Waals surface area contributed by atoms with Crippen LogP contribution in [0.5, 0.6) is 0 Å². The number of rotatable bonds is 6. The van der Waals surface area contributed by atoms with Crippen LogP contribution >= 0.6 is 0 Å². The van der Waals surface area contributed by atoms with Crippen LogP contribution in [0.4, 0.5) is 0 Å². The van der Waals surface area contributed by atoms with E-state index in [0.717, 1.165) is 6.42 Å². The van der Waals surface area contributed by atoms with E-state index in [1.54, 1.807) is 0 Å². The van der Waals surface area contributed by atoms with Crippen molar-refractivity contribution in [3.05, 3.63) is 12.2 Å². The van der Waals surface area contributed by atoms with Gasteiger partial charge in [0.25, 0.3) is 0 Å². The van der Waals surface area contributed by atoms with E-state index >= 15 is 0 Å². The van der Waals surface area contributed by atoms with E-state index in [-0.39, 0.29) is 11.1 Å². The second kappa shape index (κ2) is 6.57. The molecular formula is C13H28O2Si. The van der Waals surface area contributed by atoms with Crippen molar-refractivity contribution < 1.29 is 9.53 Å². The van der Waals surface area contributed by atoms with Crippen LogP contribution in [0.3, 0.4) is 0 Å². The van der Waals surface area contributed by atoms with Crippen molar-refractivity contribution in [3.8, 4) is 0 Å². The van der Waals surface area contributed by atoms with Crippen molar-refractivity contribution in [3.63, 3.8) is 0 Å². The molecule has 0 aromatic carbocycles. The van der Waals surface area contributed by atoms with E-state index in [0.29, 0.717) is 13.0 Å². The molecule has 1 N–H and O–H groups in total. The highest BCUT2D eigenvalue weighted by atomic mass is 28.4. The highest BCUT2D eigenvalue weighted by Crippen LogP contribution is 2.36. The Bertz CT molecular complexity index is 216. The number of hydrogen-bond donors (Lipinski definition) is 1. The lowest BCUT2D eigenvalue weighted by Gasteiger charge is -2.36. The number of allylic oxidation sites excluding steroid dienone is 1. The van der Waals surface area contributed by atoms with Crippen LogP contribution in [0.2, 0.25) is 18.1 Å². The SMILES string of the molecule is CC/C=C/C[C@@H](O)CO[Si](C)(C)C(C)(C)C. The third-order valence-electron chi connectivity index (χ3n) is 3.25. The van der Waals surface area contributed by atoms with Gasteiger partial charge in [-0.15, -0.1) is 0 Å². The fraction of sp³-hybridized carbons (Fsp3) is 0.846. The molecule has 0 rings (SSSR count). The Balaban J connectivity index is 4.00. The summed E-state index contributed by atoms with van der Waals surface area (Å²) in [6.07, 6.45) is 5.46. The molecule has 0 unspecified atom stereocenters. The molecule has 0 radical (unpaired) electrons. The maximum atomic E-state index is 9.75. The van der Waals surface area contributed by atoms with E-state index in [1.807, 2.05) is 6.08 Å². The quantitative estimate of drug-likeness (QED) is 0.570. The summed E-state index contributed by atoms with van der Waals surface area (Å²) in [6.45, 7) is 13.6. The van der Waals surface area contributed by atoms with Gasteiger partial charge in [0.2, 0.25) is 0 Å². The maximum Gasteiger partial charge on any atom is 0.192 e. The summed E-state index contributed by atoms with van der Waals surface area (Å²) in [5.74, 6) is 0. The minimum absolute atomic E-state index is 0.214. The average Bonchev–Trinajstić information content (AvgIpc) is 2.13. The Hall–Kier alpha value is -0.123. The summed E-state index contributed by atoms with van der Waals surface area (Å²) in [4.78, 5) is 0. The van der Waals surface area contributed by atoms with Crippen molar-refractivity contribution in [2.45, 2.75) is 64.8 Å². The Morgan fingerprint density at radius 1 is 1.25 bits per heavy atom. The topological polar surface area (TPSA) is 29.5 Å². The van der Waals surface area contributed by atoms with Crippen LogP contribution in [0, 0.1) is 0 Å². The molecule has 96 valence electrons. The van der Waals surface area contributed by atoms with E-state index in [1.165, 1.54) is 0 Å². The molecule has 0 aromatic rings. The molecule has 0 fully saturated rings. The summed E-state index contributed by atoms with van der Waals surface area (Å²) in [6, 6.07) is 0. The van der Waals surface area contributed by atoms with Crippen LogP contribution in [0.15, 0.2) is 12.2 Å². The van der Waals surface area contributed by atoms with Gasteiger partial charge in [-0.1, -0.05) is 39.8 Å². The zero-order chi connectivity index (χ0) is 12.8. The standard InChI is InChI=1S/C13H28O2Si/c1-7-8-9-10-12(14)11-15-16(5,6)13(2,3)4/h8-9,12,14H,7,10-11H2,1-6H3/b9-8+/t12-/m1/s1. The zero-order valence-corrected chi connectivity index (χ0v) is 12.7. The average molecular weight is 244 g/mol. The van der Waals surface area contributed by atoms with Gasteiger partial charge in [0.05, 0.1) is 12.7 Å². The van der Waals surface area contributed by atoms with Crippen LogP contribution in [0.1, 0.15) is 40.5 Å². The number of aliphatic hydroxyl groups excluding tert-OH is 1. The van der Waals surface area contributed by atoms with E-state index in [9.17, 15) is 5.11 Å². The molecule has 0 aliphatic heterocycles. The number of aliphatic hydroxyl groups is 1. The lowest BCUT2D eigenvalue weighted by molar-refractivity contribution is 0.102. The van der Waals surface area contributed by atoms with Gasteiger partial charge in [0.15, 0.2) is 8.32 Å². The molecule has 2 nitrogen and oxygen atoms in total. The van der Waals surface area contributed by atoms with Gasteiger partial charge in [-0.25, -0.2) is 0 Å². The third kappa shape index (κ3) is 5.82. The lowest BCUT2D eigenvalue weighted by Crippen LogP contribution is -2.42. The van der Waals surface area contributed by atoms with Gasteiger partial charge < -0.3 is 9.53 Å². The molecular weight excluding hydrogens is 216 g/mol. The molecule has 0 saturated carbocycles. The summed E-state index contributed by atoms with van der Waals surface area (Å²) in [5.41, 5.74) is 0. The summed E-state index contributed by atoms with van der Waals surface area (Å²) >= 11 is 0. The smallest absolute Gasteiger partial charge is 0.192 e.